The van der Waals surface area contributed by atoms with Gasteiger partial charge in [-0.25, -0.2) is 0 Å². The third-order valence-electron chi connectivity index (χ3n) is 2.86. The Balaban J connectivity index is 1.70. The van der Waals surface area contributed by atoms with E-state index in [9.17, 15) is 4.79 Å². The van der Waals surface area contributed by atoms with Gasteiger partial charge in [-0.2, -0.15) is 0 Å². The Morgan fingerprint density at radius 1 is 1.71 bits per heavy atom. The molecule has 1 amide bonds. The molecule has 1 aromatic heterocycles. The van der Waals surface area contributed by atoms with Crippen molar-refractivity contribution in [1.82, 2.24) is 15.5 Å². The molecule has 2 rings (SSSR count). The fourth-order valence-corrected chi connectivity index (χ4v) is 2.66. The number of carbonyl (C=O) groups is 1. The minimum atomic E-state index is 0.118. The Morgan fingerprint density at radius 2 is 2.59 bits per heavy atom. The van der Waals surface area contributed by atoms with Gasteiger partial charge in [-0.15, -0.1) is 11.3 Å². The molecule has 0 spiro atoms. The van der Waals surface area contributed by atoms with Crippen LogP contribution in [0, 0.1) is 0 Å². The maximum absolute atomic E-state index is 11.7. The van der Waals surface area contributed by atoms with Crippen molar-refractivity contribution >= 4 is 17.2 Å². The van der Waals surface area contributed by atoms with E-state index in [-0.39, 0.29) is 5.91 Å². The third kappa shape index (κ3) is 4.11. The summed E-state index contributed by atoms with van der Waals surface area (Å²) in [5.41, 5.74) is 0. The molecule has 0 aliphatic carbocycles. The van der Waals surface area contributed by atoms with E-state index in [1.165, 1.54) is 4.88 Å². The summed E-state index contributed by atoms with van der Waals surface area (Å²) in [5, 5.41) is 8.35. The molecule has 5 heteroatoms. The van der Waals surface area contributed by atoms with Crippen molar-refractivity contribution < 1.29 is 4.79 Å². The molecule has 1 aliphatic rings. The van der Waals surface area contributed by atoms with Crippen LogP contribution < -0.4 is 10.6 Å². The second kappa shape index (κ2) is 6.14. The van der Waals surface area contributed by atoms with Crippen LogP contribution in [-0.2, 0) is 11.3 Å². The summed E-state index contributed by atoms with van der Waals surface area (Å²) in [6.45, 7) is 6.19. The van der Waals surface area contributed by atoms with Gasteiger partial charge in [0.25, 0.3) is 0 Å². The predicted octanol–water partition coefficient (Wildman–Crippen LogP) is 0.658. The number of nitrogens with one attached hydrogen (secondary N) is 2. The van der Waals surface area contributed by atoms with Crippen LogP contribution in [0.1, 0.15) is 11.8 Å². The molecular weight excluding hydrogens is 234 g/mol. The third-order valence-corrected chi connectivity index (χ3v) is 3.74. The number of carbonyl (C=O) groups excluding carboxylic acids is 1. The summed E-state index contributed by atoms with van der Waals surface area (Å²) < 4.78 is 0. The highest BCUT2D eigenvalue weighted by Gasteiger charge is 2.17. The smallest absolute Gasteiger partial charge is 0.234 e. The van der Waals surface area contributed by atoms with Gasteiger partial charge >= 0.3 is 0 Å². The zero-order valence-corrected chi connectivity index (χ0v) is 10.9. The number of piperazine rings is 1. The van der Waals surface area contributed by atoms with Gasteiger partial charge in [0.2, 0.25) is 5.91 Å². The van der Waals surface area contributed by atoms with Gasteiger partial charge in [0.1, 0.15) is 0 Å². The maximum atomic E-state index is 11.7. The minimum absolute atomic E-state index is 0.118. The van der Waals surface area contributed by atoms with Gasteiger partial charge in [0, 0.05) is 30.6 Å². The highest BCUT2D eigenvalue weighted by molar-refractivity contribution is 7.09. The number of hydrogen-bond acceptors (Lipinski definition) is 4. The fraction of sp³-hybridized carbons (Fsp3) is 0.583. The molecule has 0 saturated carbocycles. The summed E-state index contributed by atoms with van der Waals surface area (Å²) in [7, 11) is 0. The summed E-state index contributed by atoms with van der Waals surface area (Å²) in [5.74, 6) is 0.118. The molecule has 0 aromatic carbocycles. The first-order chi connectivity index (χ1) is 8.24. The lowest BCUT2D eigenvalue weighted by Crippen LogP contribution is -2.51. The lowest BCUT2D eigenvalue weighted by Gasteiger charge is -2.31. The molecule has 1 fully saturated rings. The summed E-state index contributed by atoms with van der Waals surface area (Å²) in [6, 6.07) is 4.52. The van der Waals surface area contributed by atoms with Crippen LogP contribution in [0.15, 0.2) is 17.5 Å². The summed E-state index contributed by atoms with van der Waals surface area (Å²) in [6.07, 6.45) is 0. The Kier molecular flexibility index (Phi) is 4.53. The largest absolute Gasteiger partial charge is 0.350 e. The van der Waals surface area contributed by atoms with E-state index in [0.717, 1.165) is 19.6 Å². The first-order valence-electron chi connectivity index (χ1n) is 5.99. The van der Waals surface area contributed by atoms with Crippen LogP contribution in [0.3, 0.4) is 0 Å². The zero-order chi connectivity index (χ0) is 12.1. The average Bonchev–Trinajstić information content (AvgIpc) is 2.79. The normalized spacial score (nSPS) is 21.4. The van der Waals surface area contributed by atoms with Gasteiger partial charge < -0.3 is 10.6 Å². The quantitative estimate of drug-likeness (QED) is 0.828. The molecule has 1 saturated heterocycles. The van der Waals surface area contributed by atoms with Crippen LogP contribution in [0.25, 0.3) is 0 Å². The minimum Gasteiger partial charge on any atom is -0.350 e. The van der Waals surface area contributed by atoms with Crippen molar-refractivity contribution in [2.75, 3.05) is 26.2 Å². The van der Waals surface area contributed by atoms with E-state index < -0.39 is 0 Å². The maximum Gasteiger partial charge on any atom is 0.234 e. The molecule has 0 radical (unpaired) electrons. The number of thiophene rings is 1. The second-order valence-electron chi connectivity index (χ2n) is 4.45. The van der Waals surface area contributed by atoms with Crippen molar-refractivity contribution in [2.24, 2.45) is 0 Å². The first kappa shape index (κ1) is 12.5. The number of rotatable bonds is 4. The predicted molar refractivity (Wildman–Crippen MR) is 70.1 cm³/mol. The standard InChI is InChI=1S/C12H19N3OS/c1-10-8-15(5-4-13-10)9-12(16)14-7-11-3-2-6-17-11/h2-3,6,10,13H,4-5,7-9H2,1H3,(H,14,16)/t10-/m0/s1. The second-order valence-corrected chi connectivity index (χ2v) is 5.48. The van der Waals surface area contributed by atoms with Crippen molar-refractivity contribution in [2.45, 2.75) is 19.5 Å². The molecule has 1 atom stereocenters. The lowest BCUT2D eigenvalue weighted by molar-refractivity contribution is -0.122. The van der Waals surface area contributed by atoms with E-state index in [1.807, 2.05) is 17.5 Å². The van der Waals surface area contributed by atoms with Crippen LogP contribution in [0.5, 0.6) is 0 Å². The zero-order valence-electron chi connectivity index (χ0n) is 10.1. The van der Waals surface area contributed by atoms with Gasteiger partial charge in [0.15, 0.2) is 0 Å². The van der Waals surface area contributed by atoms with E-state index in [4.69, 9.17) is 0 Å². The van der Waals surface area contributed by atoms with Crippen LogP contribution in [0.2, 0.25) is 0 Å². The van der Waals surface area contributed by atoms with Gasteiger partial charge in [-0.3, -0.25) is 9.69 Å². The Hall–Kier alpha value is -0.910. The Bertz CT molecular complexity index is 353. The van der Waals surface area contributed by atoms with Crippen molar-refractivity contribution in [1.29, 1.82) is 0 Å². The molecule has 1 aliphatic heterocycles. The Morgan fingerprint density at radius 3 is 3.29 bits per heavy atom. The van der Waals surface area contributed by atoms with Crippen LogP contribution in [0.4, 0.5) is 0 Å². The summed E-state index contributed by atoms with van der Waals surface area (Å²) >= 11 is 1.67. The Labute approximate surface area is 106 Å². The molecular formula is C12H19N3OS. The molecule has 94 valence electrons. The monoisotopic (exact) mass is 253 g/mol. The highest BCUT2D eigenvalue weighted by atomic mass is 32.1. The molecule has 2 N–H and O–H groups in total. The van der Waals surface area contributed by atoms with Crippen molar-refractivity contribution in [3.8, 4) is 0 Å². The van der Waals surface area contributed by atoms with Crippen molar-refractivity contribution in [3.63, 3.8) is 0 Å². The molecule has 0 bridgehead atoms. The topological polar surface area (TPSA) is 44.4 Å². The van der Waals surface area contributed by atoms with E-state index in [1.54, 1.807) is 11.3 Å². The average molecular weight is 253 g/mol. The number of hydrogen-bond donors (Lipinski definition) is 2. The number of nitrogens with zero attached hydrogens (tertiary/aromatic N) is 1. The lowest BCUT2D eigenvalue weighted by atomic mass is 10.2. The van der Waals surface area contributed by atoms with Crippen LogP contribution in [-0.4, -0.2) is 43.0 Å². The highest BCUT2D eigenvalue weighted by Crippen LogP contribution is 2.07. The number of amides is 1. The van der Waals surface area contributed by atoms with Gasteiger partial charge in [0.05, 0.1) is 13.1 Å². The molecule has 0 unspecified atom stereocenters. The van der Waals surface area contributed by atoms with E-state index >= 15 is 0 Å². The van der Waals surface area contributed by atoms with E-state index in [2.05, 4.69) is 22.5 Å². The van der Waals surface area contributed by atoms with Gasteiger partial charge in [-0.05, 0) is 18.4 Å². The first-order valence-corrected chi connectivity index (χ1v) is 6.87. The van der Waals surface area contributed by atoms with Gasteiger partial charge in [-0.1, -0.05) is 6.07 Å². The molecule has 2 heterocycles. The fourth-order valence-electron chi connectivity index (χ4n) is 2.01. The molecule has 17 heavy (non-hydrogen) atoms. The summed E-state index contributed by atoms with van der Waals surface area (Å²) in [4.78, 5) is 15.1. The van der Waals surface area contributed by atoms with Crippen LogP contribution >= 0.6 is 11.3 Å². The SMILES string of the molecule is C[C@H]1CN(CC(=O)NCc2cccs2)CCN1. The van der Waals surface area contributed by atoms with Crippen molar-refractivity contribution in [3.05, 3.63) is 22.4 Å². The van der Waals surface area contributed by atoms with E-state index in [0.29, 0.717) is 19.1 Å². The molecule has 1 aromatic rings. The molecule has 4 nitrogen and oxygen atoms in total.